The molecule has 3 heteroatoms. The molecular formula is C17H14O2S. The van der Waals surface area contributed by atoms with Crippen LogP contribution in [0.25, 0.3) is 6.08 Å². The summed E-state index contributed by atoms with van der Waals surface area (Å²) in [7, 11) is 0. The summed E-state index contributed by atoms with van der Waals surface area (Å²) in [5.41, 5.74) is 1.81. The van der Waals surface area contributed by atoms with Gasteiger partial charge in [-0.05, 0) is 42.8 Å². The zero-order valence-corrected chi connectivity index (χ0v) is 11.9. The van der Waals surface area contributed by atoms with Crippen LogP contribution in [0.1, 0.15) is 22.8 Å². The predicted molar refractivity (Wildman–Crippen MR) is 82.2 cm³/mol. The van der Waals surface area contributed by atoms with Crippen molar-refractivity contribution in [3.05, 3.63) is 64.6 Å². The van der Waals surface area contributed by atoms with E-state index in [0.717, 1.165) is 26.7 Å². The Kier molecular flexibility index (Phi) is 3.61. The second-order valence-corrected chi connectivity index (χ2v) is 5.52. The van der Waals surface area contributed by atoms with E-state index in [1.807, 2.05) is 61.5 Å². The van der Waals surface area contributed by atoms with Crippen LogP contribution in [0.3, 0.4) is 0 Å². The van der Waals surface area contributed by atoms with E-state index in [0.29, 0.717) is 6.61 Å². The summed E-state index contributed by atoms with van der Waals surface area (Å²) in [6.07, 6.45) is 1.93. The van der Waals surface area contributed by atoms with E-state index in [1.165, 1.54) is 11.8 Å². The van der Waals surface area contributed by atoms with Gasteiger partial charge in [0.05, 0.1) is 11.5 Å². The fourth-order valence-electron chi connectivity index (χ4n) is 2.11. The zero-order valence-electron chi connectivity index (χ0n) is 11.1. The van der Waals surface area contributed by atoms with Gasteiger partial charge in [0.1, 0.15) is 5.75 Å². The van der Waals surface area contributed by atoms with Gasteiger partial charge in [-0.2, -0.15) is 0 Å². The van der Waals surface area contributed by atoms with Crippen LogP contribution in [0, 0.1) is 0 Å². The van der Waals surface area contributed by atoms with Crippen molar-refractivity contribution in [2.75, 3.05) is 6.61 Å². The number of hydrogen-bond donors (Lipinski definition) is 0. The molecule has 0 N–H and O–H groups in total. The number of Topliss-reactive ketones (excluding diaryl/α,β-unsaturated/α-hetero) is 1. The van der Waals surface area contributed by atoms with Gasteiger partial charge in [0, 0.05) is 10.5 Å². The number of benzene rings is 2. The highest BCUT2D eigenvalue weighted by molar-refractivity contribution is 8.04. The first kappa shape index (κ1) is 13.0. The van der Waals surface area contributed by atoms with Crippen LogP contribution >= 0.6 is 11.8 Å². The molecule has 0 aliphatic carbocycles. The van der Waals surface area contributed by atoms with Gasteiger partial charge >= 0.3 is 0 Å². The lowest BCUT2D eigenvalue weighted by molar-refractivity contribution is 0.104. The highest BCUT2D eigenvalue weighted by Gasteiger charge is 2.24. The first-order valence-corrected chi connectivity index (χ1v) is 7.35. The minimum atomic E-state index is 0.111. The Morgan fingerprint density at radius 3 is 2.55 bits per heavy atom. The summed E-state index contributed by atoms with van der Waals surface area (Å²) < 4.78 is 5.41. The number of thioether (sulfide) groups is 1. The average molecular weight is 282 g/mol. The number of rotatable bonds is 3. The van der Waals surface area contributed by atoms with E-state index in [4.69, 9.17) is 4.74 Å². The Bertz CT molecular complexity index is 672. The van der Waals surface area contributed by atoms with E-state index < -0.39 is 0 Å². The van der Waals surface area contributed by atoms with Crippen molar-refractivity contribution in [3.63, 3.8) is 0 Å². The largest absolute Gasteiger partial charge is 0.494 e. The molecule has 2 aromatic carbocycles. The maximum absolute atomic E-state index is 12.3. The summed E-state index contributed by atoms with van der Waals surface area (Å²) in [5.74, 6) is 0.961. The number of hydrogen-bond acceptors (Lipinski definition) is 3. The van der Waals surface area contributed by atoms with E-state index >= 15 is 0 Å². The van der Waals surface area contributed by atoms with Crippen LogP contribution in [0.2, 0.25) is 0 Å². The van der Waals surface area contributed by atoms with Gasteiger partial charge in [0.25, 0.3) is 0 Å². The highest BCUT2D eigenvalue weighted by atomic mass is 32.2. The summed E-state index contributed by atoms with van der Waals surface area (Å²) in [5, 5.41) is 0. The molecule has 1 aliphatic heterocycles. The van der Waals surface area contributed by atoms with Crippen molar-refractivity contribution in [3.8, 4) is 5.75 Å². The molecule has 0 spiro atoms. The molecule has 1 aliphatic rings. The van der Waals surface area contributed by atoms with Crippen LogP contribution < -0.4 is 4.74 Å². The molecule has 3 rings (SSSR count). The molecule has 0 atom stereocenters. The Hall–Kier alpha value is -2.00. The van der Waals surface area contributed by atoms with Crippen molar-refractivity contribution in [1.82, 2.24) is 0 Å². The first-order chi connectivity index (χ1) is 9.78. The van der Waals surface area contributed by atoms with E-state index in [1.54, 1.807) is 0 Å². The highest BCUT2D eigenvalue weighted by Crippen LogP contribution is 2.40. The Labute approximate surface area is 122 Å². The van der Waals surface area contributed by atoms with E-state index in [-0.39, 0.29) is 5.78 Å². The van der Waals surface area contributed by atoms with Crippen molar-refractivity contribution < 1.29 is 9.53 Å². The fourth-order valence-corrected chi connectivity index (χ4v) is 3.17. The van der Waals surface area contributed by atoms with Gasteiger partial charge in [0.2, 0.25) is 5.78 Å². The fraction of sp³-hybridized carbons (Fsp3) is 0.118. The van der Waals surface area contributed by atoms with Gasteiger partial charge in [-0.1, -0.05) is 36.0 Å². The molecular weight excluding hydrogens is 268 g/mol. The third kappa shape index (κ3) is 2.49. The first-order valence-electron chi connectivity index (χ1n) is 6.54. The van der Waals surface area contributed by atoms with Gasteiger partial charge in [-0.15, -0.1) is 0 Å². The van der Waals surface area contributed by atoms with Crippen molar-refractivity contribution in [2.24, 2.45) is 0 Å². The van der Waals surface area contributed by atoms with Crippen molar-refractivity contribution in [2.45, 2.75) is 11.8 Å². The average Bonchev–Trinajstić information content (AvgIpc) is 2.79. The van der Waals surface area contributed by atoms with Crippen LogP contribution in [0.15, 0.2) is 58.3 Å². The molecule has 100 valence electrons. The number of carbonyl (C=O) groups is 1. The van der Waals surface area contributed by atoms with Crippen molar-refractivity contribution in [1.29, 1.82) is 0 Å². The molecule has 20 heavy (non-hydrogen) atoms. The minimum Gasteiger partial charge on any atom is -0.494 e. The lowest BCUT2D eigenvalue weighted by atomic mass is 10.1. The third-order valence-electron chi connectivity index (χ3n) is 3.06. The monoisotopic (exact) mass is 282 g/mol. The summed E-state index contributed by atoms with van der Waals surface area (Å²) in [6, 6.07) is 15.5. The molecule has 0 amide bonds. The van der Waals surface area contributed by atoms with Crippen LogP contribution in [-0.4, -0.2) is 12.4 Å². The molecule has 0 radical (unpaired) electrons. The molecule has 0 fully saturated rings. The number of ketones is 1. The number of allylic oxidation sites excluding steroid dienone is 1. The third-order valence-corrected chi connectivity index (χ3v) is 4.16. The maximum atomic E-state index is 12.3. The number of carbonyl (C=O) groups excluding carboxylic acids is 1. The Morgan fingerprint density at radius 2 is 1.85 bits per heavy atom. The van der Waals surface area contributed by atoms with Crippen LogP contribution in [0.4, 0.5) is 0 Å². The molecule has 0 bridgehead atoms. The molecule has 0 aromatic heterocycles. The summed E-state index contributed by atoms with van der Waals surface area (Å²) >= 11 is 1.53. The lowest BCUT2D eigenvalue weighted by Gasteiger charge is -2.02. The number of fused-ring (bicyclic) bond motifs is 1. The van der Waals surface area contributed by atoms with Gasteiger partial charge in [0.15, 0.2) is 0 Å². The topological polar surface area (TPSA) is 26.3 Å². The SMILES string of the molecule is CCOc1ccc(C=C2Sc3ccccc3C2=O)cc1. The van der Waals surface area contributed by atoms with Crippen LogP contribution in [-0.2, 0) is 0 Å². The molecule has 0 unspecified atom stereocenters. The smallest absolute Gasteiger partial charge is 0.200 e. The van der Waals surface area contributed by atoms with Crippen molar-refractivity contribution >= 4 is 23.6 Å². The lowest BCUT2D eigenvalue weighted by Crippen LogP contribution is -1.93. The van der Waals surface area contributed by atoms with Gasteiger partial charge in [-0.25, -0.2) is 0 Å². The molecule has 2 nitrogen and oxygen atoms in total. The Morgan fingerprint density at radius 1 is 1.10 bits per heavy atom. The van der Waals surface area contributed by atoms with E-state index in [2.05, 4.69) is 0 Å². The van der Waals surface area contributed by atoms with E-state index in [9.17, 15) is 4.79 Å². The normalized spacial score (nSPS) is 15.4. The molecule has 1 heterocycles. The second kappa shape index (κ2) is 5.55. The molecule has 0 saturated carbocycles. The van der Waals surface area contributed by atoms with Gasteiger partial charge < -0.3 is 4.74 Å². The quantitative estimate of drug-likeness (QED) is 0.780. The maximum Gasteiger partial charge on any atom is 0.200 e. The minimum absolute atomic E-state index is 0.111. The van der Waals surface area contributed by atoms with Gasteiger partial charge in [-0.3, -0.25) is 4.79 Å². The predicted octanol–water partition coefficient (Wildman–Crippen LogP) is 4.41. The standard InChI is InChI=1S/C17H14O2S/c1-2-19-13-9-7-12(8-10-13)11-16-17(18)14-5-3-4-6-15(14)20-16/h3-11H,2H2,1H3. The molecule has 2 aromatic rings. The Balaban J connectivity index is 1.85. The molecule has 0 saturated heterocycles. The second-order valence-electron chi connectivity index (χ2n) is 4.44. The number of ether oxygens (including phenoxy) is 1. The summed E-state index contributed by atoms with van der Waals surface area (Å²) in [4.78, 5) is 14.1. The summed E-state index contributed by atoms with van der Waals surface area (Å²) in [6.45, 7) is 2.62. The zero-order chi connectivity index (χ0) is 13.9. The van der Waals surface area contributed by atoms with Crippen LogP contribution in [0.5, 0.6) is 5.75 Å².